The number of carbonyl (C=O) groups is 1. The second kappa shape index (κ2) is 6.71. The van der Waals surface area contributed by atoms with Gasteiger partial charge in [0.25, 0.3) is 5.91 Å². The first-order valence-corrected chi connectivity index (χ1v) is 7.79. The van der Waals surface area contributed by atoms with Crippen LogP contribution in [-0.2, 0) is 6.54 Å². The molecule has 2 nitrogen and oxygen atoms in total. The van der Waals surface area contributed by atoms with E-state index in [-0.39, 0.29) is 5.91 Å². The molecular weight excluding hydrogens is 310 g/mol. The number of hydrogen-bond donors (Lipinski definition) is 0. The third kappa shape index (κ3) is 3.43. The molecule has 0 radical (unpaired) electrons. The Hall–Kier alpha value is -1.13. The van der Waals surface area contributed by atoms with Crippen molar-refractivity contribution in [1.82, 2.24) is 4.90 Å². The molecule has 0 saturated heterocycles. The summed E-state index contributed by atoms with van der Waals surface area (Å²) >= 11 is 4.95. The minimum Gasteiger partial charge on any atom is -0.333 e. The fourth-order valence-corrected chi connectivity index (χ4v) is 2.78. The van der Waals surface area contributed by atoms with E-state index >= 15 is 0 Å². The van der Waals surface area contributed by atoms with Crippen LogP contribution in [0, 0.1) is 0 Å². The van der Waals surface area contributed by atoms with Gasteiger partial charge in [-0.15, -0.1) is 0 Å². The molecule has 18 heavy (non-hydrogen) atoms. The van der Waals surface area contributed by atoms with Gasteiger partial charge in [0.1, 0.15) is 0 Å². The molecule has 0 aliphatic heterocycles. The molecule has 0 aliphatic carbocycles. The number of amides is 1. The van der Waals surface area contributed by atoms with E-state index in [1.807, 2.05) is 52.1 Å². The highest BCUT2D eigenvalue weighted by atomic mass is 79.9. The zero-order valence-corrected chi connectivity index (χ0v) is 12.3. The topological polar surface area (TPSA) is 20.3 Å². The first-order valence-electron chi connectivity index (χ1n) is 5.72. The first-order chi connectivity index (χ1) is 8.81. The van der Waals surface area contributed by atoms with Gasteiger partial charge >= 0.3 is 0 Å². The minimum absolute atomic E-state index is 0.0968. The van der Waals surface area contributed by atoms with Crippen LogP contribution in [-0.4, -0.2) is 22.7 Å². The molecular formula is C14H14BrNOS. The highest BCUT2D eigenvalue weighted by Crippen LogP contribution is 2.13. The number of thiophene rings is 1. The largest absolute Gasteiger partial charge is 0.333 e. The van der Waals surface area contributed by atoms with Crippen molar-refractivity contribution < 1.29 is 4.79 Å². The molecule has 94 valence electrons. The summed E-state index contributed by atoms with van der Waals surface area (Å²) in [5.41, 5.74) is 1.93. The zero-order chi connectivity index (χ0) is 12.8. The van der Waals surface area contributed by atoms with Crippen LogP contribution in [0.5, 0.6) is 0 Å². The molecule has 0 N–H and O–H groups in total. The quantitative estimate of drug-likeness (QED) is 0.767. The molecule has 0 bridgehead atoms. The van der Waals surface area contributed by atoms with Crippen molar-refractivity contribution in [3.8, 4) is 0 Å². The Balaban J connectivity index is 2.11. The molecule has 0 aliphatic rings. The van der Waals surface area contributed by atoms with E-state index in [9.17, 15) is 4.79 Å². The van der Waals surface area contributed by atoms with Crippen molar-refractivity contribution in [3.63, 3.8) is 0 Å². The van der Waals surface area contributed by atoms with Crippen molar-refractivity contribution in [2.45, 2.75) is 6.54 Å². The molecule has 0 saturated carbocycles. The van der Waals surface area contributed by atoms with E-state index < -0.39 is 0 Å². The molecule has 1 aromatic carbocycles. The molecule has 2 aromatic rings. The number of halogens is 1. The molecule has 1 aromatic heterocycles. The van der Waals surface area contributed by atoms with Crippen molar-refractivity contribution in [2.24, 2.45) is 0 Å². The molecule has 1 heterocycles. The van der Waals surface area contributed by atoms with Crippen molar-refractivity contribution in [2.75, 3.05) is 11.9 Å². The molecule has 4 heteroatoms. The molecule has 0 spiro atoms. The Morgan fingerprint density at radius 1 is 1.22 bits per heavy atom. The Kier molecular flexibility index (Phi) is 4.96. The maximum atomic E-state index is 12.3. The summed E-state index contributed by atoms with van der Waals surface area (Å²) in [6, 6.07) is 11.9. The van der Waals surface area contributed by atoms with Crippen molar-refractivity contribution in [3.05, 3.63) is 58.3 Å². The molecule has 0 atom stereocenters. The van der Waals surface area contributed by atoms with Gasteiger partial charge in [-0.25, -0.2) is 0 Å². The number of hydrogen-bond acceptors (Lipinski definition) is 2. The van der Waals surface area contributed by atoms with Crippen molar-refractivity contribution >= 4 is 33.2 Å². The van der Waals surface area contributed by atoms with Gasteiger partial charge in [-0.05, 0) is 17.0 Å². The third-order valence-corrected chi connectivity index (χ3v) is 3.66. The second-order valence-electron chi connectivity index (χ2n) is 3.91. The molecule has 0 unspecified atom stereocenters. The number of nitrogens with zero attached hydrogens (tertiary/aromatic N) is 1. The number of rotatable bonds is 5. The van der Waals surface area contributed by atoms with E-state index in [0.29, 0.717) is 13.1 Å². The first kappa shape index (κ1) is 13.3. The number of alkyl halides is 1. The summed E-state index contributed by atoms with van der Waals surface area (Å²) in [4.78, 5) is 14.2. The normalized spacial score (nSPS) is 10.3. The Morgan fingerprint density at radius 3 is 2.61 bits per heavy atom. The Labute approximate surface area is 119 Å². The van der Waals surface area contributed by atoms with E-state index in [4.69, 9.17) is 0 Å². The van der Waals surface area contributed by atoms with Gasteiger partial charge in [0.05, 0.1) is 5.56 Å². The van der Waals surface area contributed by atoms with Gasteiger partial charge in [-0.3, -0.25) is 4.79 Å². The smallest absolute Gasteiger partial charge is 0.255 e. The summed E-state index contributed by atoms with van der Waals surface area (Å²) in [5.74, 6) is 0.0968. The fourth-order valence-electron chi connectivity index (χ4n) is 1.73. The third-order valence-electron chi connectivity index (χ3n) is 2.63. The molecule has 1 amide bonds. The summed E-state index contributed by atoms with van der Waals surface area (Å²) < 4.78 is 0. The van der Waals surface area contributed by atoms with Crippen molar-refractivity contribution in [1.29, 1.82) is 0 Å². The average Bonchev–Trinajstić information content (AvgIpc) is 2.92. The Bertz CT molecular complexity index is 484. The van der Waals surface area contributed by atoms with Gasteiger partial charge in [0.15, 0.2) is 0 Å². The maximum absolute atomic E-state index is 12.3. The van der Waals surface area contributed by atoms with Gasteiger partial charge in [-0.1, -0.05) is 46.3 Å². The fraction of sp³-hybridized carbons (Fsp3) is 0.214. The van der Waals surface area contributed by atoms with Gasteiger partial charge in [0, 0.05) is 23.8 Å². The summed E-state index contributed by atoms with van der Waals surface area (Å²) in [5, 5.41) is 4.62. The Morgan fingerprint density at radius 2 is 2.00 bits per heavy atom. The summed E-state index contributed by atoms with van der Waals surface area (Å²) in [6.45, 7) is 1.37. The van der Waals surface area contributed by atoms with Crippen LogP contribution < -0.4 is 0 Å². The lowest BCUT2D eigenvalue weighted by Gasteiger charge is -2.21. The minimum atomic E-state index is 0.0968. The highest BCUT2D eigenvalue weighted by molar-refractivity contribution is 9.09. The van der Waals surface area contributed by atoms with Gasteiger partial charge in [0.2, 0.25) is 0 Å². The predicted molar refractivity (Wildman–Crippen MR) is 79.3 cm³/mol. The van der Waals surface area contributed by atoms with Crippen LogP contribution in [0.15, 0.2) is 47.2 Å². The van der Waals surface area contributed by atoms with E-state index in [2.05, 4.69) is 15.9 Å². The van der Waals surface area contributed by atoms with Crippen LogP contribution in [0.4, 0.5) is 0 Å². The number of carbonyl (C=O) groups excluding carboxylic acids is 1. The van der Waals surface area contributed by atoms with Crippen LogP contribution in [0.3, 0.4) is 0 Å². The zero-order valence-electron chi connectivity index (χ0n) is 9.88. The summed E-state index contributed by atoms with van der Waals surface area (Å²) in [6.07, 6.45) is 0. The van der Waals surface area contributed by atoms with Crippen LogP contribution in [0.1, 0.15) is 15.9 Å². The molecule has 2 rings (SSSR count). The maximum Gasteiger partial charge on any atom is 0.255 e. The van der Waals surface area contributed by atoms with E-state index in [0.717, 1.165) is 16.5 Å². The van der Waals surface area contributed by atoms with Gasteiger partial charge in [-0.2, -0.15) is 11.3 Å². The van der Waals surface area contributed by atoms with Crippen LogP contribution in [0.25, 0.3) is 0 Å². The lowest BCUT2D eigenvalue weighted by atomic mass is 10.2. The SMILES string of the molecule is O=C(c1ccsc1)N(CCBr)Cc1ccccc1. The highest BCUT2D eigenvalue weighted by Gasteiger charge is 2.15. The monoisotopic (exact) mass is 323 g/mol. The van der Waals surface area contributed by atoms with E-state index in [1.165, 1.54) is 0 Å². The number of benzene rings is 1. The second-order valence-corrected chi connectivity index (χ2v) is 5.49. The predicted octanol–water partition coefficient (Wildman–Crippen LogP) is 3.79. The lowest BCUT2D eigenvalue weighted by Crippen LogP contribution is -2.31. The van der Waals surface area contributed by atoms with Crippen LogP contribution >= 0.6 is 27.3 Å². The summed E-state index contributed by atoms with van der Waals surface area (Å²) in [7, 11) is 0. The average molecular weight is 324 g/mol. The standard InChI is InChI=1S/C14H14BrNOS/c15-7-8-16(10-12-4-2-1-3-5-12)14(17)13-6-9-18-11-13/h1-6,9,11H,7-8,10H2. The van der Waals surface area contributed by atoms with Gasteiger partial charge < -0.3 is 4.90 Å². The molecule has 0 fully saturated rings. The van der Waals surface area contributed by atoms with Crippen LogP contribution in [0.2, 0.25) is 0 Å². The van der Waals surface area contributed by atoms with E-state index in [1.54, 1.807) is 11.3 Å². The lowest BCUT2D eigenvalue weighted by molar-refractivity contribution is 0.0755.